The molecule has 2 aliphatic rings. The Bertz CT molecular complexity index is 1000. The molecule has 7 nitrogen and oxygen atoms in total. The minimum Gasteiger partial charge on any atom is -0.497 e. The van der Waals surface area contributed by atoms with E-state index < -0.39 is 5.60 Å². The molecule has 140 valence electrons. The number of nitrogens with zero attached hydrogens (tertiary/aromatic N) is 4. The van der Waals surface area contributed by atoms with Crippen molar-refractivity contribution in [2.24, 2.45) is 0 Å². The number of hydrogen-bond acceptors (Lipinski definition) is 6. The highest BCUT2D eigenvalue weighted by Gasteiger charge is 2.39. The monoisotopic (exact) mass is 365 g/mol. The van der Waals surface area contributed by atoms with Crippen LogP contribution in [0.3, 0.4) is 0 Å². The van der Waals surface area contributed by atoms with Crippen molar-refractivity contribution < 1.29 is 9.84 Å². The number of aliphatic hydroxyl groups is 1. The van der Waals surface area contributed by atoms with E-state index in [-0.39, 0.29) is 6.04 Å². The molecule has 0 atom stereocenters. The SMILES string of the molecule is COc1ccc(-c2nnc(NC3CC(C)(O)C3)n3cncc23)c(C2CC2)c1. The summed E-state index contributed by atoms with van der Waals surface area (Å²) in [5, 5.41) is 22.3. The summed E-state index contributed by atoms with van der Waals surface area (Å²) in [6, 6.07) is 6.36. The maximum absolute atomic E-state index is 9.95. The van der Waals surface area contributed by atoms with Gasteiger partial charge in [0.05, 0.1) is 24.4 Å². The van der Waals surface area contributed by atoms with Gasteiger partial charge in [0, 0.05) is 11.6 Å². The van der Waals surface area contributed by atoms with E-state index in [0.717, 1.165) is 22.5 Å². The Morgan fingerprint density at radius 2 is 2.07 bits per heavy atom. The largest absolute Gasteiger partial charge is 0.497 e. The van der Waals surface area contributed by atoms with Gasteiger partial charge >= 0.3 is 0 Å². The molecule has 0 amide bonds. The van der Waals surface area contributed by atoms with E-state index in [0.29, 0.717) is 24.7 Å². The first-order valence-corrected chi connectivity index (χ1v) is 9.40. The predicted octanol–water partition coefficient (Wildman–Crippen LogP) is 3.00. The second-order valence-electron chi connectivity index (χ2n) is 8.00. The topological polar surface area (TPSA) is 84.6 Å². The number of rotatable bonds is 5. The molecule has 2 fully saturated rings. The molecule has 2 aromatic heterocycles. The van der Waals surface area contributed by atoms with E-state index in [4.69, 9.17) is 4.74 Å². The molecule has 0 aliphatic heterocycles. The molecule has 0 radical (unpaired) electrons. The standard InChI is InChI=1S/C20H23N5O2/c1-20(26)8-13(9-20)22-19-24-23-18(17-10-21-11-25(17)19)15-6-5-14(27-2)7-16(15)12-3-4-12/h5-7,10-13,26H,3-4,8-9H2,1-2H3,(H,22,24). The van der Waals surface area contributed by atoms with Gasteiger partial charge in [-0.25, -0.2) is 4.98 Å². The average Bonchev–Trinajstić information content (AvgIpc) is 3.36. The quantitative estimate of drug-likeness (QED) is 0.723. The third-order valence-electron chi connectivity index (χ3n) is 5.59. The lowest BCUT2D eigenvalue weighted by Gasteiger charge is -2.41. The van der Waals surface area contributed by atoms with Crippen molar-refractivity contribution in [3.8, 4) is 17.0 Å². The lowest BCUT2D eigenvalue weighted by Crippen LogP contribution is -2.48. The summed E-state index contributed by atoms with van der Waals surface area (Å²) in [7, 11) is 1.69. The van der Waals surface area contributed by atoms with Gasteiger partial charge in [-0.15, -0.1) is 10.2 Å². The molecule has 1 aromatic carbocycles. The Hall–Kier alpha value is -2.67. The molecule has 7 heteroatoms. The van der Waals surface area contributed by atoms with Crippen LogP contribution < -0.4 is 10.1 Å². The lowest BCUT2D eigenvalue weighted by molar-refractivity contribution is -0.0236. The van der Waals surface area contributed by atoms with Crippen molar-refractivity contribution >= 4 is 11.5 Å². The number of aromatic nitrogens is 4. The Kier molecular flexibility index (Phi) is 3.62. The van der Waals surface area contributed by atoms with Gasteiger partial charge < -0.3 is 15.2 Å². The van der Waals surface area contributed by atoms with Crippen LogP contribution in [0, 0.1) is 0 Å². The fourth-order valence-corrected chi connectivity index (χ4v) is 4.03. The molecule has 0 bridgehead atoms. The smallest absolute Gasteiger partial charge is 0.229 e. The maximum Gasteiger partial charge on any atom is 0.229 e. The number of fused-ring (bicyclic) bond motifs is 1. The van der Waals surface area contributed by atoms with E-state index in [1.54, 1.807) is 13.4 Å². The van der Waals surface area contributed by atoms with Gasteiger partial charge in [0.25, 0.3) is 0 Å². The zero-order valence-corrected chi connectivity index (χ0v) is 15.5. The van der Waals surface area contributed by atoms with Crippen LogP contribution >= 0.6 is 0 Å². The molecule has 27 heavy (non-hydrogen) atoms. The highest BCUT2D eigenvalue weighted by Crippen LogP contribution is 2.46. The zero-order valence-electron chi connectivity index (χ0n) is 15.5. The molecule has 0 spiro atoms. The summed E-state index contributed by atoms with van der Waals surface area (Å²) in [6.45, 7) is 1.86. The first-order chi connectivity index (χ1) is 13.0. The van der Waals surface area contributed by atoms with E-state index in [9.17, 15) is 5.11 Å². The van der Waals surface area contributed by atoms with E-state index in [2.05, 4.69) is 32.6 Å². The molecule has 0 saturated heterocycles. The van der Waals surface area contributed by atoms with Crippen LogP contribution in [0.25, 0.3) is 16.8 Å². The first kappa shape index (κ1) is 16.5. The van der Waals surface area contributed by atoms with E-state index in [1.807, 2.05) is 23.6 Å². The van der Waals surface area contributed by atoms with Gasteiger partial charge in [-0.3, -0.25) is 4.40 Å². The minimum absolute atomic E-state index is 0.203. The Balaban J connectivity index is 1.54. The van der Waals surface area contributed by atoms with Crippen LogP contribution in [0.15, 0.2) is 30.7 Å². The van der Waals surface area contributed by atoms with Crippen molar-refractivity contribution in [1.82, 2.24) is 19.6 Å². The maximum atomic E-state index is 9.95. The van der Waals surface area contributed by atoms with Crippen LogP contribution in [0.2, 0.25) is 0 Å². The van der Waals surface area contributed by atoms with Crippen molar-refractivity contribution in [3.63, 3.8) is 0 Å². The molecular formula is C20H23N5O2. The third kappa shape index (κ3) is 2.92. The summed E-state index contributed by atoms with van der Waals surface area (Å²) >= 11 is 0. The number of hydrogen-bond donors (Lipinski definition) is 2. The van der Waals surface area contributed by atoms with Crippen LogP contribution in [0.4, 0.5) is 5.95 Å². The first-order valence-electron chi connectivity index (χ1n) is 9.40. The molecule has 3 aromatic rings. The molecule has 5 rings (SSSR count). The van der Waals surface area contributed by atoms with Gasteiger partial charge in [0.2, 0.25) is 5.95 Å². The zero-order chi connectivity index (χ0) is 18.6. The highest BCUT2D eigenvalue weighted by molar-refractivity contribution is 5.80. The highest BCUT2D eigenvalue weighted by atomic mass is 16.5. The number of methoxy groups -OCH3 is 1. The van der Waals surface area contributed by atoms with Crippen LogP contribution in [0.5, 0.6) is 5.75 Å². The van der Waals surface area contributed by atoms with Gasteiger partial charge in [-0.1, -0.05) is 0 Å². The summed E-state index contributed by atoms with van der Waals surface area (Å²) in [6.07, 6.45) is 7.39. The van der Waals surface area contributed by atoms with Crippen LogP contribution in [-0.2, 0) is 0 Å². The number of anilines is 1. The Morgan fingerprint density at radius 1 is 1.26 bits per heavy atom. The van der Waals surface area contributed by atoms with Gasteiger partial charge in [-0.05, 0) is 62.3 Å². The Labute approximate surface area is 157 Å². The van der Waals surface area contributed by atoms with Gasteiger partial charge in [0.15, 0.2) is 0 Å². The molecule has 2 heterocycles. The van der Waals surface area contributed by atoms with Gasteiger partial charge in [-0.2, -0.15) is 0 Å². The fraction of sp³-hybridized carbons (Fsp3) is 0.450. The third-order valence-corrected chi connectivity index (χ3v) is 5.59. The lowest BCUT2D eigenvalue weighted by atomic mass is 9.77. The van der Waals surface area contributed by atoms with E-state index >= 15 is 0 Å². The average molecular weight is 365 g/mol. The molecule has 0 unspecified atom stereocenters. The van der Waals surface area contributed by atoms with E-state index in [1.165, 1.54) is 18.4 Å². The second-order valence-corrected chi connectivity index (χ2v) is 8.00. The summed E-state index contributed by atoms with van der Waals surface area (Å²) in [5.74, 6) is 2.09. The number of imidazole rings is 1. The van der Waals surface area contributed by atoms with Crippen molar-refractivity contribution in [2.75, 3.05) is 12.4 Å². The molecule has 2 N–H and O–H groups in total. The van der Waals surface area contributed by atoms with Crippen molar-refractivity contribution in [3.05, 3.63) is 36.3 Å². The number of nitrogens with one attached hydrogen (secondary N) is 1. The minimum atomic E-state index is -0.582. The number of benzene rings is 1. The molecular weight excluding hydrogens is 342 g/mol. The van der Waals surface area contributed by atoms with Gasteiger partial charge in [0.1, 0.15) is 17.8 Å². The van der Waals surface area contributed by atoms with Crippen LogP contribution in [0.1, 0.15) is 44.1 Å². The van der Waals surface area contributed by atoms with Crippen LogP contribution in [-0.4, -0.2) is 43.4 Å². The predicted molar refractivity (Wildman–Crippen MR) is 102 cm³/mol. The van der Waals surface area contributed by atoms with Crippen molar-refractivity contribution in [1.29, 1.82) is 0 Å². The fourth-order valence-electron chi connectivity index (χ4n) is 4.03. The Morgan fingerprint density at radius 3 is 2.78 bits per heavy atom. The molecule has 2 aliphatic carbocycles. The summed E-state index contributed by atoms with van der Waals surface area (Å²) < 4.78 is 7.35. The number of ether oxygens (including phenoxy) is 1. The summed E-state index contributed by atoms with van der Waals surface area (Å²) in [5.41, 5.74) is 3.53. The summed E-state index contributed by atoms with van der Waals surface area (Å²) in [4.78, 5) is 4.32. The van der Waals surface area contributed by atoms with Crippen molar-refractivity contribution in [2.45, 2.75) is 50.2 Å². The molecule has 2 saturated carbocycles. The normalized spacial score (nSPS) is 24.6. The second kappa shape index (κ2) is 5.92.